The number of hydrogen-bond donors (Lipinski definition) is 2. The van der Waals surface area contributed by atoms with Gasteiger partial charge in [0.25, 0.3) is 0 Å². The molecule has 2 N–H and O–H groups in total. The molecule has 2 amide bonds. The van der Waals surface area contributed by atoms with E-state index in [0.717, 1.165) is 19.4 Å². The van der Waals surface area contributed by atoms with Gasteiger partial charge in [-0.25, -0.2) is 0 Å². The summed E-state index contributed by atoms with van der Waals surface area (Å²) in [4.78, 5) is 25.8. The van der Waals surface area contributed by atoms with Crippen LogP contribution in [0.3, 0.4) is 0 Å². The molecule has 1 aliphatic heterocycles. The molecule has 0 bridgehead atoms. The van der Waals surface area contributed by atoms with Gasteiger partial charge in [0.2, 0.25) is 11.8 Å². The highest BCUT2D eigenvalue weighted by atomic mass is 16.2. The van der Waals surface area contributed by atoms with Crippen LogP contribution in [-0.4, -0.2) is 49.4 Å². The van der Waals surface area contributed by atoms with Crippen molar-refractivity contribution in [3.8, 4) is 0 Å². The van der Waals surface area contributed by atoms with E-state index in [4.69, 9.17) is 0 Å². The van der Waals surface area contributed by atoms with Gasteiger partial charge in [-0.05, 0) is 19.9 Å². The molecule has 102 valence electrons. The molecule has 2 fully saturated rings. The normalized spacial score (nSPS) is 24.8. The molecule has 5 nitrogen and oxygen atoms in total. The maximum absolute atomic E-state index is 11.9. The van der Waals surface area contributed by atoms with E-state index in [1.165, 1.54) is 12.8 Å². The highest BCUT2D eigenvalue weighted by Gasteiger charge is 2.38. The number of likely N-dealkylation sites (tertiary alicyclic amines) is 1. The molecular formula is C13H23N3O2. The minimum Gasteiger partial charge on any atom is -0.355 e. The Balaban J connectivity index is 1.81. The average Bonchev–Trinajstić information content (AvgIpc) is 2.97. The van der Waals surface area contributed by atoms with Crippen molar-refractivity contribution in [2.45, 2.75) is 38.1 Å². The third kappa shape index (κ3) is 3.02. The largest absolute Gasteiger partial charge is 0.355 e. The number of rotatable bonds is 5. The molecule has 2 aliphatic rings. The van der Waals surface area contributed by atoms with Gasteiger partial charge in [-0.1, -0.05) is 12.8 Å². The van der Waals surface area contributed by atoms with E-state index in [9.17, 15) is 9.59 Å². The summed E-state index contributed by atoms with van der Waals surface area (Å²) in [7, 11) is 1.85. The first kappa shape index (κ1) is 13.3. The summed E-state index contributed by atoms with van der Waals surface area (Å²) in [6.45, 7) is 2.01. The summed E-state index contributed by atoms with van der Waals surface area (Å²) in [5.41, 5.74) is 0. The molecule has 0 aromatic rings. The second-order valence-corrected chi connectivity index (χ2v) is 5.28. The van der Waals surface area contributed by atoms with Crippen LogP contribution in [0.15, 0.2) is 0 Å². The first-order chi connectivity index (χ1) is 8.72. The number of nitrogens with one attached hydrogen (secondary N) is 2. The Morgan fingerprint density at radius 1 is 1.33 bits per heavy atom. The maximum Gasteiger partial charge on any atom is 0.225 e. The van der Waals surface area contributed by atoms with Crippen molar-refractivity contribution in [3.05, 3.63) is 0 Å². The second kappa shape index (κ2) is 6.18. The quantitative estimate of drug-likeness (QED) is 0.684. The van der Waals surface area contributed by atoms with Gasteiger partial charge in [-0.15, -0.1) is 0 Å². The summed E-state index contributed by atoms with van der Waals surface area (Å²) in [5.74, 6) is 0.0460. The van der Waals surface area contributed by atoms with Gasteiger partial charge >= 0.3 is 0 Å². The topological polar surface area (TPSA) is 61.4 Å². The van der Waals surface area contributed by atoms with Crippen LogP contribution < -0.4 is 10.6 Å². The lowest BCUT2D eigenvalue weighted by Crippen LogP contribution is -2.38. The highest BCUT2D eigenvalue weighted by Crippen LogP contribution is 2.29. The fourth-order valence-electron chi connectivity index (χ4n) is 2.93. The molecule has 5 heteroatoms. The zero-order valence-electron chi connectivity index (χ0n) is 11.1. The Labute approximate surface area is 108 Å². The van der Waals surface area contributed by atoms with E-state index < -0.39 is 0 Å². The van der Waals surface area contributed by atoms with Crippen LogP contribution in [0.5, 0.6) is 0 Å². The van der Waals surface area contributed by atoms with Crippen LogP contribution in [0.2, 0.25) is 0 Å². The van der Waals surface area contributed by atoms with Gasteiger partial charge in [-0.3, -0.25) is 9.59 Å². The van der Waals surface area contributed by atoms with E-state index in [1.54, 1.807) is 0 Å². The van der Waals surface area contributed by atoms with Crippen molar-refractivity contribution in [1.29, 1.82) is 0 Å². The lowest BCUT2D eigenvalue weighted by Gasteiger charge is -2.23. The van der Waals surface area contributed by atoms with E-state index >= 15 is 0 Å². The molecule has 1 atom stereocenters. The Morgan fingerprint density at radius 2 is 2.06 bits per heavy atom. The molecule has 1 unspecified atom stereocenters. The summed E-state index contributed by atoms with van der Waals surface area (Å²) < 4.78 is 0. The number of carbonyl (C=O) groups is 2. The Kier molecular flexibility index (Phi) is 4.58. The van der Waals surface area contributed by atoms with Crippen molar-refractivity contribution in [3.63, 3.8) is 0 Å². The minimum atomic E-state index is -0.144. The lowest BCUT2D eigenvalue weighted by molar-refractivity contribution is -0.130. The molecule has 0 spiro atoms. The minimum absolute atomic E-state index is 0.0269. The number of hydrogen-bond acceptors (Lipinski definition) is 3. The van der Waals surface area contributed by atoms with E-state index in [0.29, 0.717) is 25.6 Å². The first-order valence-corrected chi connectivity index (χ1v) is 6.94. The lowest BCUT2D eigenvalue weighted by atomic mass is 10.1. The number of amides is 2. The predicted octanol–water partition coefficient (Wildman–Crippen LogP) is 0.113. The molecule has 0 aromatic carbocycles. The summed E-state index contributed by atoms with van der Waals surface area (Å²) in [6.07, 6.45) is 5.04. The van der Waals surface area contributed by atoms with Gasteiger partial charge < -0.3 is 15.5 Å². The fraction of sp³-hybridized carbons (Fsp3) is 0.846. The van der Waals surface area contributed by atoms with Crippen molar-refractivity contribution >= 4 is 11.8 Å². The van der Waals surface area contributed by atoms with E-state index in [2.05, 4.69) is 10.6 Å². The molecule has 0 radical (unpaired) electrons. The van der Waals surface area contributed by atoms with Crippen LogP contribution in [0, 0.1) is 5.92 Å². The van der Waals surface area contributed by atoms with Crippen LogP contribution in [-0.2, 0) is 9.59 Å². The molecule has 1 heterocycles. The Hall–Kier alpha value is -1.10. The van der Waals surface area contributed by atoms with Gasteiger partial charge in [0.05, 0.1) is 5.92 Å². The molecule has 1 aliphatic carbocycles. The summed E-state index contributed by atoms with van der Waals surface area (Å²) in [5, 5.41) is 5.86. The standard InChI is InChI=1S/C13H23N3O2/c1-14-6-7-15-13(18)10-8-12(17)16(9-10)11-4-2-3-5-11/h10-11,14H,2-9H2,1H3,(H,15,18). The number of nitrogens with zero attached hydrogens (tertiary/aromatic N) is 1. The number of likely N-dealkylation sites (N-methyl/N-ethyl adjacent to an activating group) is 1. The molecule has 0 aromatic heterocycles. The van der Waals surface area contributed by atoms with Crippen LogP contribution in [0.4, 0.5) is 0 Å². The second-order valence-electron chi connectivity index (χ2n) is 5.28. The van der Waals surface area contributed by atoms with Gasteiger partial charge in [0, 0.05) is 32.1 Å². The van der Waals surface area contributed by atoms with Crippen molar-refractivity contribution in [1.82, 2.24) is 15.5 Å². The third-order valence-corrected chi connectivity index (χ3v) is 3.97. The van der Waals surface area contributed by atoms with Crippen LogP contribution >= 0.6 is 0 Å². The fourth-order valence-corrected chi connectivity index (χ4v) is 2.93. The molecular weight excluding hydrogens is 230 g/mol. The van der Waals surface area contributed by atoms with Crippen molar-refractivity contribution in [2.75, 3.05) is 26.7 Å². The van der Waals surface area contributed by atoms with E-state index in [1.807, 2.05) is 11.9 Å². The number of carbonyl (C=O) groups excluding carboxylic acids is 2. The van der Waals surface area contributed by atoms with Crippen molar-refractivity contribution < 1.29 is 9.59 Å². The predicted molar refractivity (Wildman–Crippen MR) is 69.0 cm³/mol. The van der Waals surface area contributed by atoms with Crippen molar-refractivity contribution in [2.24, 2.45) is 5.92 Å². The van der Waals surface area contributed by atoms with Gasteiger partial charge in [-0.2, -0.15) is 0 Å². The third-order valence-electron chi connectivity index (χ3n) is 3.97. The summed E-state index contributed by atoms with van der Waals surface area (Å²) >= 11 is 0. The Morgan fingerprint density at radius 3 is 2.72 bits per heavy atom. The highest BCUT2D eigenvalue weighted by molar-refractivity contribution is 5.89. The average molecular weight is 253 g/mol. The maximum atomic E-state index is 11.9. The van der Waals surface area contributed by atoms with E-state index in [-0.39, 0.29) is 17.7 Å². The molecule has 2 rings (SSSR count). The molecule has 1 saturated carbocycles. The zero-order chi connectivity index (χ0) is 13.0. The van der Waals surface area contributed by atoms with Crippen LogP contribution in [0.1, 0.15) is 32.1 Å². The molecule has 18 heavy (non-hydrogen) atoms. The summed E-state index contributed by atoms with van der Waals surface area (Å²) in [6, 6.07) is 0.396. The van der Waals surface area contributed by atoms with Gasteiger partial charge in [0.15, 0.2) is 0 Å². The zero-order valence-corrected chi connectivity index (χ0v) is 11.1. The Bertz CT molecular complexity index is 313. The first-order valence-electron chi connectivity index (χ1n) is 6.94. The smallest absolute Gasteiger partial charge is 0.225 e. The van der Waals surface area contributed by atoms with Crippen LogP contribution in [0.25, 0.3) is 0 Å². The molecule has 1 saturated heterocycles. The van der Waals surface area contributed by atoms with Gasteiger partial charge in [0.1, 0.15) is 0 Å². The SMILES string of the molecule is CNCCNC(=O)C1CC(=O)N(C2CCCC2)C1. The monoisotopic (exact) mass is 253 g/mol.